The third-order valence-electron chi connectivity index (χ3n) is 14.6. The van der Waals surface area contributed by atoms with Crippen molar-refractivity contribution >= 4 is 5.97 Å². The van der Waals surface area contributed by atoms with E-state index >= 15 is 0 Å². The van der Waals surface area contributed by atoms with Gasteiger partial charge in [-0.2, -0.15) is 0 Å². The van der Waals surface area contributed by atoms with Crippen LogP contribution in [0.2, 0.25) is 0 Å². The minimum atomic E-state index is -0.641. The highest BCUT2D eigenvalue weighted by Crippen LogP contribution is 2.74. The first-order valence-corrected chi connectivity index (χ1v) is 17.1. The molecular formula is C37H65NO5. The zero-order valence-electron chi connectivity index (χ0n) is 29.5. The minimum absolute atomic E-state index is 0.0554. The van der Waals surface area contributed by atoms with Crippen LogP contribution in [0.25, 0.3) is 0 Å². The number of hydrogen-bond donors (Lipinski definition) is 3. The number of rotatable bonds is 8. The summed E-state index contributed by atoms with van der Waals surface area (Å²) in [5.41, 5.74) is 6.40. The fraction of sp³-hybridized carbons (Fsp3) is 0.919. The van der Waals surface area contributed by atoms with E-state index in [0.717, 1.165) is 32.1 Å². The van der Waals surface area contributed by atoms with Gasteiger partial charge >= 0.3 is 5.97 Å². The molecule has 0 heterocycles. The molecule has 6 heteroatoms. The number of nitrogens with two attached hydrogens (primary N) is 1. The van der Waals surface area contributed by atoms with E-state index in [9.17, 15) is 15.0 Å². The molecule has 4 aliphatic carbocycles. The third-order valence-corrected chi connectivity index (χ3v) is 14.6. The van der Waals surface area contributed by atoms with E-state index in [2.05, 4.69) is 82.2 Å². The molecule has 0 unspecified atom stereocenters. The molecule has 0 radical (unpaired) electrons. The molecular weight excluding hydrogens is 538 g/mol. The van der Waals surface area contributed by atoms with E-state index in [4.69, 9.17) is 15.2 Å². The molecule has 11 atom stereocenters. The molecule has 4 rings (SSSR count). The summed E-state index contributed by atoms with van der Waals surface area (Å²) < 4.78 is 12.9. The van der Waals surface area contributed by atoms with E-state index < -0.39 is 17.3 Å². The van der Waals surface area contributed by atoms with E-state index in [-0.39, 0.29) is 63.8 Å². The smallest absolute Gasteiger partial charge is 0.307 e. The van der Waals surface area contributed by atoms with Crippen molar-refractivity contribution in [3.05, 3.63) is 11.6 Å². The maximum absolute atomic E-state index is 13.3. The summed E-state index contributed by atoms with van der Waals surface area (Å²) in [4.78, 5) is 13.3. The van der Waals surface area contributed by atoms with Crippen molar-refractivity contribution in [2.75, 3.05) is 20.3 Å². The fourth-order valence-corrected chi connectivity index (χ4v) is 11.1. The van der Waals surface area contributed by atoms with Crippen LogP contribution in [0, 0.1) is 62.1 Å². The molecule has 0 aromatic rings. The first-order chi connectivity index (χ1) is 19.7. The number of aliphatic carboxylic acids is 1. The zero-order valence-corrected chi connectivity index (χ0v) is 29.5. The Kier molecular flexibility index (Phi) is 9.24. The van der Waals surface area contributed by atoms with E-state index in [1.165, 1.54) is 5.57 Å². The molecule has 43 heavy (non-hydrogen) atoms. The number of aliphatic hydroxyl groups excluding tert-OH is 1. The summed E-state index contributed by atoms with van der Waals surface area (Å²) in [6, 6.07) is -0.0858. The highest BCUT2D eigenvalue weighted by Gasteiger charge is 2.70. The molecule has 3 saturated carbocycles. The number of ether oxygens (including phenoxy) is 2. The van der Waals surface area contributed by atoms with Gasteiger partial charge in [0.15, 0.2) is 0 Å². The van der Waals surface area contributed by atoms with Crippen LogP contribution in [-0.2, 0) is 14.3 Å². The number of carboxylic acid groups (broad SMARTS) is 1. The normalized spacial score (nSPS) is 44.1. The Bertz CT molecular complexity index is 1080. The van der Waals surface area contributed by atoms with Gasteiger partial charge < -0.3 is 25.4 Å². The minimum Gasteiger partial charge on any atom is -0.481 e. The second-order valence-corrected chi connectivity index (χ2v) is 18.0. The monoisotopic (exact) mass is 603 g/mol. The molecule has 0 saturated heterocycles. The molecule has 0 spiro atoms. The molecule has 3 fully saturated rings. The number of fused-ring (bicyclic) bond motifs is 5. The van der Waals surface area contributed by atoms with Gasteiger partial charge in [0.05, 0.1) is 31.3 Å². The maximum atomic E-state index is 13.3. The summed E-state index contributed by atoms with van der Waals surface area (Å²) in [5.74, 6) is 0.146. The van der Waals surface area contributed by atoms with Gasteiger partial charge in [0.2, 0.25) is 0 Å². The third kappa shape index (κ3) is 5.08. The molecule has 6 nitrogen and oxygen atoms in total. The Morgan fingerprint density at radius 3 is 2.21 bits per heavy atom. The molecule has 248 valence electrons. The lowest BCUT2D eigenvalue weighted by atomic mass is 9.34. The second-order valence-electron chi connectivity index (χ2n) is 18.0. The first kappa shape index (κ1) is 34.9. The Balaban J connectivity index is 1.76. The quantitative estimate of drug-likeness (QED) is 0.251. The van der Waals surface area contributed by atoms with Crippen molar-refractivity contribution in [2.24, 2.45) is 67.8 Å². The van der Waals surface area contributed by atoms with Crippen LogP contribution in [0.15, 0.2) is 11.6 Å². The van der Waals surface area contributed by atoms with E-state index in [0.29, 0.717) is 24.9 Å². The number of hydrogen-bond acceptors (Lipinski definition) is 5. The van der Waals surface area contributed by atoms with Gasteiger partial charge in [-0.15, -0.1) is 0 Å². The highest BCUT2D eigenvalue weighted by molar-refractivity contribution is 5.73. The standard InChI is InChI=1S/C37H65NO5/c1-22(2)23(3)34(9)17-18-35(10)24-13-14-27-33(7,8)30(43-20-28(38)32(4,5)6)26(42-12)19-37(27,21-39)25(24)15-16-36(35,11)29(34)31(40)41/h15,22-24,26-30,39H,13-14,16-21,38H2,1-12H3,(H,40,41)/t23-,24+,26-,27+,28+,29-,30+,34-,35-,36+,37+/m1/s1. The SMILES string of the molecule is CO[C@@H]1C[C@]2(CO)C3=CC[C@@]4(C)[C@H](C(=O)O)[C@@](C)([C@H](C)C(C)C)CC[C@]4(C)[C@H]3CC[C@H]2C(C)(C)[C@H]1OC[C@H](N)C(C)(C)C. The van der Waals surface area contributed by atoms with Crippen molar-refractivity contribution in [3.8, 4) is 0 Å². The summed E-state index contributed by atoms with van der Waals surface area (Å²) in [5, 5.41) is 22.3. The van der Waals surface area contributed by atoms with Crippen LogP contribution in [0.5, 0.6) is 0 Å². The summed E-state index contributed by atoms with van der Waals surface area (Å²) in [6.45, 7) is 25.3. The van der Waals surface area contributed by atoms with Gasteiger partial charge in [-0.25, -0.2) is 0 Å². The van der Waals surface area contributed by atoms with Gasteiger partial charge in [-0.1, -0.05) is 87.8 Å². The van der Waals surface area contributed by atoms with Gasteiger partial charge in [-0.05, 0) is 89.3 Å². The molecule has 0 aliphatic heterocycles. The largest absolute Gasteiger partial charge is 0.481 e. The van der Waals surface area contributed by atoms with Gasteiger partial charge in [0.1, 0.15) is 0 Å². The summed E-state index contributed by atoms with van der Waals surface area (Å²) in [7, 11) is 1.77. The topological polar surface area (TPSA) is 102 Å². The Morgan fingerprint density at radius 2 is 1.70 bits per heavy atom. The second kappa shape index (κ2) is 11.4. The molecule has 4 aliphatic rings. The molecule has 4 N–H and O–H groups in total. The predicted molar refractivity (Wildman–Crippen MR) is 173 cm³/mol. The van der Waals surface area contributed by atoms with Crippen molar-refractivity contribution < 1.29 is 24.5 Å². The van der Waals surface area contributed by atoms with Crippen LogP contribution in [0.4, 0.5) is 0 Å². The Morgan fingerprint density at radius 1 is 1.07 bits per heavy atom. The van der Waals surface area contributed by atoms with Crippen molar-refractivity contribution in [1.29, 1.82) is 0 Å². The molecule has 0 aromatic heterocycles. The predicted octanol–water partition coefficient (Wildman–Crippen LogP) is 7.33. The Labute approximate surface area is 262 Å². The maximum Gasteiger partial charge on any atom is 0.307 e. The fourth-order valence-electron chi connectivity index (χ4n) is 11.1. The molecule has 0 amide bonds. The number of methoxy groups -OCH3 is 1. The van der Waals surface area contributed by atoms with Gasteiger partial charge in [0.25, 0.3) is 0 Å². The zero-order chi connectivity index (χ0) is 32.6. The lowest BCUT2D eigenvalue weighted by Gasteiger charge is -2.70. The van der Waals surface area contributed by atoms with Crippen molar-refractivity contribution in [2.45, 2.75) is 133 Å². The van der Waals surface area contributed by atoms with E-state index in [1.54, 1.807) is 7.11 Å². The van der Waals surface area contributed by atoms with Crippen LogP contribution >= 0.6 is 0 Å². The van der Waals surface area contributed by atoms with E-state index in [1.807, 2.05) is 0 Å². The lowest BCUT2D eigenvalue weighted by molar-refractivity contribution is -0.222. The summed E-state index contributed by atoms with van der Waals surface area (Å²) >= 11 is 0. The average Bonchev–Trinajstić information content (AvgIpc) is 2.91. The van der Waals surface area contributed by atoms with Gasteiger partial charge in [0, 0.05) is 18.6 Å². The number of allylic oxidation sites excluding steroid dienone is 1. The summed E-state index contributed by atoms with van der Waals surface area (Å²) in [6.07, 6.45) is 7.50. The van der Waals surface area contributed by atoms with Crippen molar-refractivity contribution in [3.63, 3.8) is 0 Å². The van der Waals surface area contributed by atoms with Crippen molar-refractivity contribution in [1.82, 2.24) is 0 Å². The van der Waals surface area contributed by atoms with Crippen LogP contribution in [-0.4, -0.2) is 54.8 Å². The lowest BCUT2D eigenvalue weighted by Crippen LogP contribution is -2.67. The number of carbonyl (C=O) groups is 1. The van der Waals surface area contributed by atoms with Crippen LogP contribution in [0.3, 0.4) is 0 Å². The Hall–Kier alpha value is -0.950. The number of carboxylic acids is 1. The molecule has 0 aromatic carbocycles. The van der Waals surface area contributed by atoms with Gasteiger partial charge in [-0.3, -0.25) is 4.79 Å². The van der Waals surface area contributed by atoms with Crippen LogP contribution in [0.1, 0.15) is 115 Å². The average molecular weight is 604 g/mol. The number of aliphatic hydroxyl groups is 1. The van der Waals surface area contributed by atoms with Crippen LogP contribution < -0.4 is 5.73 Å². The molecule has 0 bridgehead atoms. The first-order valence-electron chi connectivity index (χ1n) is 17.1. The highest BCUT2D eigenvalue weighted by atomic mass is 16.5.